The fourth-order valence-electron chi connectivity index (χ4n) is 4.99. The van der Waals surface area contributed by atoms with E-state index >= 15 is 0 Å². The van der Waals surface area contributed by atoms with Gasteiger partial charge in [-0.15, -0.1) is 0 Å². The summed E-state index contributed by atoms with van der Waals surface area (Å²) in [6, 6.07) is 6.09. The van der Waals surface area contributed by atoms with Crippen molar-refractivity contribution in [2.24, 2.45) is 11.3 Å². The summed E-state index contributed by atoms with van der Waals surface area (Å²) in [5, 5.41) is 4.15. The van der Waals surface area contributed by atoms with Gasteiger partial charge >= 0.3 is 0 Å². The molecule has 2 atom stereocenters. The van der Waals surface area contributed by atoms with Crippen molar-refractivity contribution in [1.82, 2.24) is 19.9 Å². The van der Waals surface area contributed by atoms with E-state index in [2.05, 4.69) is 35.9 Å². The third-order valence-corrected chi connectivity index (χ3v) is 6.71. The third kappa shape index (κ3) is 3.68. The van der Waals surface area contributed by atoms with Crippen molar-refractivity contribution in [3.63, 3.8) is 0 Å². The number of carbonyl (C=O) groups is 1. The lowest BCUT2D eigenvalue weighted by Crippen LogP contribution is -2.37. The first-order valence-electron chi connectivity index (χ1n) is 10.5. The van der Waals surface area contributed by atoms with Gasteiger partial charge in [-0.05, 0) is 57.1 Å². The third-order valence-electron chi connectivity index (χ3n) is 6.71. The Labute approximate surface area is 171 Å². The second kappa shape index (κ2) is 7.86. The fourth-order valence-corrected chi connectivity index (χ4v) is 4.99. The van der Waals surface area contributed by atoms with E-state index < -0.39 is 0 Å². The van der Waals surface area contributed by atoms with E-state index in [9.17, 15) is 9.18 Å². The van der Waals surface area contributed by atoms with E-state index in [1.807, 2.05) is 4.90 Å². The van der Waals surface area contributed by atoms with Crippen molar-refractivity contribution >= 4 is 5.91 Å². The van der Waals surface area contributed by atoms with E-state index in [1.165, 1.54) is 12.1 Å². The summed E-state index contributed by atoms with van der Waals surface area (Å²) in [4.78, 5) is 22.1. The molecule has 4 rings (SSSR count). The molecule has 0 unspecified atom stereocenters. The van der Waals surface area contributed by atoms with Crippen molar-refractivity contribution < 1.29 is 13.7 Å². The monoisotopic (exact) mass is 400 g/mol. The van der Waals surface area contributed by atoms with Gasteiger partial charge in [0.15, 0.2) is 0 Å². The predicted molar refractivity (Wildman–Crippen MR) is 108 cm³/mol. The Kier molecular flexibility index (Phi) is 5.42. The number of hydrogen-bond acceptors (Lipinski definition) is 5. The molecule has 0 N–H and O–H groups in total. The lowest BCUT2D eigenvalue weighted by molar-refractivity contribution is -0.135. The van der Waals surface area contributed by atoms with Crippen LogP contribution in [0.2, 0.25) is 0 Å². The van der Waals surface area contributed by atoms with Gasteiger partial charge in [-0.2, -0.15) is 4.98 Å². The van der Waals surface area contributed by atoms with Crippen molar-refractivity contribution in [2.75, 3.05) is 33.2 Å². The van der Waals surface area contributed by atoms with Crippen molar-refractivity contribution in [3.05, 3.63) is 36.0 Å². The molecule has 1 spiro atoms. The van der Waals surface area contributed by atoms with Gasteiger partial charge in [0.05, 0.1) is 5.92 Å². The van der Waals surface area contributed by atoms with E-state index in [0.29, 0.717) is 18.3 Å². The summed E-state index contributed by atoms with van der Waals surface area (Å²) in [5.41, 5.74) is 0.671. The average molecular weight is 400 g/mol. The number of likely N-dealkylation sites (tertiary alicyclic amines) is 2. The largest absolute Gasteiger partial charge is 0.341 e. The zero-order chi connectivity index (χ0) is 20.6. The maximum absolute atomic E-state index is 13.2. The van der Waals surface area contributed by atoms with Crippen LogP contribution in [-0.2, 0) is 4.79 Å². The highest BCUT2D eigenvalue weighted by atomic mass is 19.1. The molecule has 1 amide bonds. The molecule has 1 aromatic carbocycles. The minimum Gasteiger partial charge on any atom is -0.341 e. The maximum Gasteiger partial charge on any atom is 0.232 e. The van der Waals surface area contributed by atoms with Gasteiger partial charge in [0.1, 0.15) is 5.82 Å². The Morgan fingerprint density at radius 2 is 2.00 bits per heavy atom. The van der Waals surface area contributed by atoms with E-state index in [0.717, 1.165) is 44.5 Å². The number of hydrogen-bond donors (Lipinski definition) is 0. The number of aromatic nitrogens is 2. The van der Waals surface area contributed by atoms with Gasteiger partial charge in [0.2, 0.25) is 17.6 Å². The first-order valence-corrected chi connectivity index (χ1v) is 10.5. The van der Waals surface area contributed by atoms with Crippen LogP contribution in [0.15, 0.2) is 28.8 Å². The van der Waals surface area contributed by atoms with Crippen molar-refractivity contribution in [1.29, 1.82) is 0 Å². The zero-order valence-corrected chi connectivity index (χ0v) is 17.4. The first-order chi connectivity index (χ1) is 14.0. The molecular weight excluding hydrogens is 371 g/mol. The maximum atomic E-state index is 13.2. The normalized spacial score (nSPS) is 24.9. The number of nitrogens with zero attached hydrogens (tertiary/aromatic N) is 4. The van der Waals surface area contributed by atoms with Gasteiger partial charge in [-0.3, -0.25) is 4.79 Å². The first kappa shape index (κ1) is 20.0. The van der Waals surface area contributed by atoms with Crippen LogP contribution in [0.5, 0.6) is 0 Å². The van der Waals surface area contributed by atoms with Crippen LogP contribution in [0.25, 0.3) is 11.4 Å². The van der Waals surface area contributed by atoms with Crippen LogP contribution in [0.4, 0.5) is 4.39 Å². The van der Waals surface area contributed by atoms with Gasteiger partial charge in [0.25, 0.3) is 0 Å². The van der Waals surface area contributed by atoms with E-state index in [-0.39, 0.29) is 29.0 Å². The molecular formula is C22H29FN4O2. The number of carbonyl (C=O) groups excluding carboxylic acids is 1. The minimum absolute atomic E-state index is 0.0208. The number of amides is 1. The number of rotatable bonds is 5. The molecule has 156 valence electrons. The average Bonchev–Trinajstić information content (AvgIpc) is 3.42. The molecule has 2 aromatic rings. The van der Waals surface area contributed by atoms with Gasteiger partial charge in [-0.25, -0.2) is 4.39 Å². The van der Waals surface area contributed by atoms with Crippen LogP contribution < -0.4 is 0 Å². The molecule has 29 heavy (non-hydrogen) atoms. The molecule has 0 aliphatic carbocycles. The molecule has 0 radical (unpaired) electrons. The van der Waals surface area contributed by atoms with E-state index in [1.54, 1.807) is 12.1 Å². The van der Waals surface area contributed by atoms with Crippen LogP contribution >= 0.6 is 0 Å². The molecule has 2 saturated heterocycles. The predicted octanol–water partition coefficient (Wildman–Crippen LogP) is 3.56. The molecule has 2 aliphatic heterocycles. The summed E-state index contributed by atoms with van der Waals surface area (Å²) in [6.07, 6.45) is 2.73. The molecule has 6 nitrogen and oxygen atoms in total. The highest BCUT2D eigenvalue weighted by Gasteiger charge is 2.54. The Morgan fingerprint density at radius 1 is 1.28 bits per heavy atom. The summed E-state index contributed by atoms with van der Waals surface area (Å²) in [5.74, 6) is 1.09. The second-order valence-electron chi connectivity index (χ2n) is 8.60. The Bertz CT molecular complexity index is 864. The summed E-state index contributed by atoms with van der Waals surface area (Å²) in [7, 11) is 2.12. The molecule has 1 aromatic heterocycles. The van der Waals surface area contributed by atoms with E-state index in [4.69, 9.17) is 4.52 Å². The summed E-state index contributed by atoms with van der Waals surface area (Å²) < 4.78 is 18.9. The Hall–Kier alpha value is -2.28. The smallest absolute Gasteiger partial charge is 0.232 e. The number of halogens is 1. The Balaban J connectivity index is 1.62. The molecule has 2 fully saturated rings. The van der Waals surface area contributed by atoms with Crippen LogP contribution in [0.3, 0.4) is 0 Å². The van der Waals surface area contributed by atoms with Gasteiger partial charge in [0, 0.05) is 36.5 Å². The quantitative estimate of drug-likeness (QED) is 0.768. The molecule has 2 aliphatic rings. The standard InChI is InChI=1S/C22H29FN4O2/c1-4-15(5-2)21(28)27-12-18(22(14-27)10-11-26(3)13-22)20-24-19(25-29-20)16-6-8-17(23)9-7-16/h6-9,15,18H,4-5,10-14H2,1-3H3/t18-,22-/m0/s1. The molecule has 0 saturated carbocycles. The number of benzene rings is 1. The lowest BCUT2D eigenvalue weighted by Gasteiger charge is -2.28. The van der Waals surface area contributed by atoms with Crippen LogP contribution in [0.1, 0.15) is 44.9 Å². The molecule has 7 heteroatoms. The highest BCUT2D eigenvalue weighted by molar-refractivity contribution is 5.79. The molecule has 3 heterocycles. The highest BCUT2D eigenvalue weighted by Crippen LogP contribution is 2.49. The van der Waals surface area contributed by atoms with Gasteiger partial charge in [-0.1, -0.05) is 19.0 Å². The van der Waals surface area contributed by atoms with Crippen LogP contribution in [-0.4, -0.2) is 59.1 Å². The summed E-state index contributed by atoms with van der Waals surface area (Å²) >= 11 is 0. The van der Waals surface area contributed by atoms with Crippen molar-refractivity contribution in [3.8, 4) is 11.4 Å². The zero-order valence-electron chi connectivity index (χ0n) is 17.4. The fraction of sp³-hybridized carbons (Fsp3) is 0.591. The minimum atomic E-state index is -0.295. The van der Waals surface area contributed by atoms with Crippen molar-refractivity contribution in [2.45, 2.75) is 39.0 Å². The Morgan fingerprint density at radius 3 is 2.62 bits per heavy atom. The molecule has 0 bridgehead atoms. The lowest BCUT2D eigenvalue weighted by atomic mass is 9.77. The van der Waals surface area contributed by atoms with Gasteiger partial charge < -0.3 is 14.3 Å². The van der Waals surface area contributed by atoms with Crippen LogP contribution in [0, 0.1) is 17.2 Å². The summed E-state index contributed by atoms with van der Waals surface area (Å²) in [6.45, 7) is 7.43. The topological polar surface area (TPSA) is 62.5 Å². The second-order valence-corrected chi connectivity index (χ2v) is 8.60. The SMILES string of the molecule is CCC(CC)C(=O)N1C[C@@H](c2nc(-c3ccc(F)cc3)no2)[C@]2(CCN(C)C2)C1.